The van der Waals surface area contributed by atoms with Crippen LogP contribution >= 0.6 is 0 Å². The van der Waals surface area contributed by atoms with E-state index in [1.165, 1.54) is 12.1 Å². The molecule has 1 aromatic rings. The lowest BCUT2D eigenvalue weighted by Gasteiger charge is -2.14. The maximum Gasteiger partial charge on any atom is 0.263 e. The Morgan fingerprint density at radius 2 is 1.59 bits per heavy atom. The van der Waals surface area contributed by atoms with Gasteiger partial charge in [0.1, 0.15) is 0 Å². The Morgan fingerprint density at radius 3 is 2.06 bits per heavy atom. The summed E-state index contributed by atoms with van der Waals surface area (Å²) in [5, 5.41) is 12.9. The average Bonchev–Trinajstić information content (AvgIpc) is 2.28. The first-order valence-corrected chi connectivity index (χ1v) is 5.77. The van der Waals surface area contributed by atoms with Crippen LogP contribution in [0.2, 0.25) is 0 Å². The summed E-state index contributed by atoms with van der Waals surface area (Å²) in [7, 11) is 0. The molecule has 0 bridgehead atoms. The van der Waals surface area contributed by atoms with Crippen LogP contribution in [0.25, 0.3) is 0 Å². The van der Waals surface area contributed by atoms with E-state index < -0.39 is 12.5 Å². The van der Waals surface area contributed by atoms with E-state index in [1.807, 2.05) is 0 Å². The van der Waals surface area contributed by atoms with Crippen LogP contribution in [-0.4, -0.2) is 18.2 Å². The summed E-state index contributed by atoms with van der Waals surface area (Å²) in [6.45, 7) is 5.42. The molecule has 2 N–H and O–H groups in total. The highest BCUT2D eigenvalue weighted by molar-refractivity contribution is 5.25. The molecule has 0 aliphatic carbocycles. The van der Waals surface area contributed by atoms with Crippen molar-refractivity contribution in [1.29, 1.82) is 0 Å². The molecular weight excluding hydrogens is 224 g/mol. The Bertz CT molecular complexity index is 325. The van der Waals surface area contributed by atoms with Crippen LogP contribution in [0.3, 0.4) is 0 Å². The Morgan fingerprint density at radius 1 is 1.06 bits per heavy atom. The van der Waals surface area contributed by atoms with Gasteiger partial charge in [-0.05, 0) is 18.0 Å². The smallest absolute Gasteiger partial charge is 0.263 e. The summed E-state index contributed by atoms with van der Waals surface area (Å²) in [5.74, 6) is 0.517. The molecule has 0 heterocycles. The van der Waals surface area contributed by atoms with Crippen molar-refractivity contribution in [3.63, 3.8) is 0 Å². The molecule has 2 nitrogen and oxygen atoms in total. The van der Waals surface area contributed by atoms with Gasteiger partial charge >= 0.3 is 0 Å². The second kappa shape index (κ2) is 6.67. The predicted molar refractivity (Wildman–Crippen MR) is 64.1 cm³/mol. The maximum atomic E-state index is 12.3. The van der Waals surface area contributed by atoms with Gasteiger partial charge in [-0.3, -0.25) is 0 Å². The molecule has 0 aliphatic rings. The highest BCUT2D eigenvalue weighted by Crippen LogP contribution is 2.21. The van der Waals surface area contributed by atoms with Crippen molar-refractivity contribution in [2.24, 2.45) is 5.92 Å². The molecular formula is C13H19F2NO. The van der Waals surface area contributed by atoms with Gasteiger partial charge < -0.3 is 10.4 Å². The van der Waals surface area contributed by atoms with Crippen molar-refractivity contribution in [2.45, 2.75) is 26.4 Å². The van der Waals surface area contributed by atoms with Gasteiger partial charge in [0, 0.05) is 12.1 Å². The molecule has 1 rings (SSSR count). The fourth-order valence-corrected chi connectivity index (χ4v) is 1.49. The fourth-order valence-electron chi connectivity index (χ4n) is 1.49. The molecule has 0 aliphatic heterocycles. The molecule has 0 radical (unpaired) electrons. The molecule has 0 aromatic heterocycles. The van der Waals surface area contributed by atoms with Crippen LogP contribution in [0, 0.1) is 5.92 Å². The minimum Gasteiger partial charge on any atom is -0.387 e. The first-order valence-electron chi connectivity index (χ1n) is 5.77. The Labute approximate surface area is 101 Å². The Kier molecular flexibility index (Phi) is 5.51. The predicted octanol–water partition coefficient (Wildman–Crippen LogP) is 2.90. The van der Waals surface area contributed by atoms with Gasteiger partial charge in [-0.2, -0.15) is 0 Å². The number of aliphatic hydroxyl groups excluding tert-OH is 1. The highest BCUT2D eigenvalue weighted by atomic mass is 19.3. The highest BCUT2D eigenvalue weighted by Gasteiger charge is 2.10. The summed E-state index contributed by atoms with van der Waals surface area (Å²) < 4.78 is 24.6. The molecule has 1 aromatic carbocycles. The zero-order valence-electron chi connectivity index (χ0n) is 10.2. The van der Waals surface area contributed by atoms with Gasteiger partial charge in [0.15, 0.2) is 0 Å². The number of nitrogens with one attached hydrogen (secondary N) is 1. The molecule has 0 saturated heterocycles. The number of alkyl halides is 2. The zero-order chi connectivity index (χ0) is 12.8. The minimum atomic E-state index is -2.46. The van der Waals surface area contributed by atoms with Crippen molar-refractivity contribution >= 4 is 0 Å². The van der Waals surface area contributed by atoms with E-state index in [-0.39, 0.29) is 5.56 Å². The van der Waals surface area contributed by atoms with Crippen LogP contribution in [0.4, 0.5) is 8.78 Å². The third kappa shape index (κ3) is 4.79. The van der Waals surface area contributed by atoms with Crippen molar-refractivity contribution in [1.82, 2.24) is 5.32 Å². The SMILES string of the molecule is CC(C)CNCC(O)c1ccc(C(F)F)cc1. The Hall–Kier alpha value is -1.00. The number of benzene rings is 1. The van der Waals surface area contributed by atoms with Gasteiger partial charge in [0.05, 0.1) is 6.10 Å². The molecule has 0 spiro atoms. The standard InChI is InChI=1S/C13H19F2NO/c1-9(2)7-16-8-12(17)10-3-5-11(6-4-10)13(14)15/h3-6,9,12-13,16-17H,7-8H2,1-2H3. The molecule has 0 amide bonds. The maximum absolute atomic E-state index is 12.3. The molecule has 17 heavy (non-hydrogen) atoms. The van der Waals surface area contributed by atoms with E-state index in [0.29, 0.717) is 18.0 Å². The van der Waals surface area contributed by atoms with Crippen LogP contribution in [0.5, 0.6) is 0 Å². The lowest BCUT2D eigenvalue weighted by molar-refractivity contribution is 0.150. The van der Waals surface area contributed by atoms with E-state index >= 15 is 0 Å². The normalized spacial score (nSPS) is 13.4. The molecule has 96 valence electrons. The van der Waals surface area contributed by atoms with E-state index in [2.05, 4.69) is 19.2 Å². The number of halogens is 2. The molecule has 0 saturated carbocycles. The minimum absolute atomic E-state index is 0.0175. The second-order valence-corrected chi connectivity index (χ2v) is 4.54. The lowest BCUT2D eigenvalue weighted by Crippen LogP contribution is -2.25. The number of hydrogen-bond donors (Lipinski definition) is 2. The Balaban J connectivity index is 2.48. The number of aliphatic hydroxyl groups is 1. The average molecular weight is 243 g/mol. The lowest BCUT2D eigenvalue weighted by atomic mass is 10.1. The summed E-state index contributed by atoms with van der Waals surface area (Å²) in [6.07, 6.45) is -3.11. The molecule has 1 unspecified atom stereocenters. The molecule has 4 heteroatoms. The van der Waals surface area contributed by atoms with Crippen LogP contribution < -0.4 is 5.32 Å². The first-order chi connectivity index (χ1) is 8.00. The van der Waals surface area contributed by atoms with E-state index in [4.69, 9.17) is 0 Å². The van der Waals surface area contributed by atoms with E-state index in [0.717, 1.165) is 6.54 Å². The topological polar surface area (TPSA) is 32.3 Å². The fraction of sp³-hybridized carbons (Fsp3) is 0.538. The van der Waals surface area contributed by atoms with Crippen LogP contribution in [-0.2, 0) is 0 Å². The largest absolute Gasteiger partial charge is 0.387 e. The summed E-state index contributed by atoms with van der Waals surface area (Å²) in [5.41, 5.74) is 0.641. The quantitative estimate of drug-likeness (QED) is 0.805. The monoisotopic (exact) mass is 243 g/mol. The molecule has 1 atom stereocenters. The van der Waals surface area contributed by atoms with Crippen molar-refractivity contribution < 1.29 is 13.9 Å². The van der Waals surface area contributed by atoms with Crippen LogP contribution in [0.1, 0.15) is 37.5 Å². The van der Waals surface area contributed by atoms with E-state index in [1.54, 1.807) is 12.1 Å². The van der Waals surface area contributed by atoms with Gasteiger partial charge in [-0.1, -0.05) is 38.1 Å². The van der Waals surface area contributed by atoms with Gasteiger partial charge in [-0.15, -0.1) is 0 Å². The van der Waals surface area contributed by atoms with Gasteiger partial charge in [-0.25, -0.2) is 8.78 Å². The van der Waals surface area contributed by atoms with Gasteiger partial charge in [0.2, 0.25) is 0 Å². The third-order valence-corrected chi connectivity index (χ3v) is 2.46. The summed E-state index contributed by atoms with van der Waals surface area (Å²) in [4.78, 5) is 0. The van der Waals surface area contributed by atoms with Crippen molar-refractivity contribution in [3.05, 3.63) is 35.4 Å². The number of rotatable bonds is 6. The number of hydrogen-bond acceptors (Lipinski definition) is 2. The first kappa shape index (κ1) is 14.1. The summed E-state index contributed by atoms with van der Waals surface area (Å²) in [6, 6.07) is 5.80. The van der Waals surface area contributed by atoms with Crippen molar-refractivity contribution in [3.8, 4) is 0 Å². The zero-order valence-corrected chi connectivity index (χ0v) is 10.2. The van der Waals surface area contributed by atoms with Crippen LogP contribution in [0.15, 0.2) is 24.3 Å². The third-order valence-electron chi connectivity index (χ3n) is 2.46. The van der Waals surface area contributed by atoms with Gasteiger partial charge in [0.25, 0.3) is 6.43 Å². The molecule has 0 fully saturated rings. The van der Waals surface area contributed by atoms with E-state index in [9.17, 15) is 13.9 Å². The van der Waals surface area contributed by atoms with Crippen molar-refractivity contribution in [2.75, 3.05) is 13.1 Å². The second-order valence-electron chi connectivity index (χ2n) is 4.54. The summed E-state index contributed by atoms with van der Waals surface area (Å²) >= 11 is 0.